The molecule has 30 heavy (non-hydrogen) atoms. The molecule has 0 aliphatic carbocycles. The molecular formula is C24H23N3O3. The zero-order chi connectivity index (χ0) is 20.8. The molecule has 2 heterocycles. The van der Waals surface area contributed by atoms with E-state index in [1.54, 1.807) is 29.1 Å². The second-order valence-electron chi connectivity index (χ2n) is 6.87. The van der Waals surface area contributed by atoms with Crippen molar-refractivity contribution in [1.29, 1.82) is 0 Å². The molecule has 1 N–H and O–H groups in total. The summed E-state index contributed by atoms with van der Waals surface area (Å²) in [4.78, 5) is 12.6. The van der Waals surface area contributed by atoms with Crippen LogP contribution < -0.4 is 10.1 Å². The van der Waals surface area contributed by atoms with E-state index < -0.39 is 0 Å². The van der Waals surface area contributed by atoms with E-state index in [4.69, 9.17) is 9.15 Å². The van der Waals surface area contributed by atoms with Crippen LogP contribution in [0.2, 0.25) is 0 Å². The van der Waals surface area contributed by atoms with Crippen molar-refractivity contribution in [3.63, 3.8) is 0 Å². The Morgan fingerprint density at radius 1 is 1.00 bits per heavy atom. The van der Waals surface area contributed by atoms with Crippen LogP contribution in [0.3, 0.4) is 0 Å². The van der Waals surface area contributed by atoms with Gasteiger partial charge in [-0.2, -0.15) is 5.10 Å². The zero-order valence-corrected chi connectivity index (χ0v) is 16.7. The number of anilines is 1. The Labute approximate surface area is 175 Å². The number of benzene rings is 2. The third-order valence-corrected chi connectivity index (χ3v) is 4.73. The highest BCUT2D eigenvalue weighted by Gasteiger charge is 2.14. The minimum Gasteiger partial charge on any atom is -0.486 e. The van der Waals surface area contributed by atoms with Gasteiger partial charge in [0, 0.05) is 6.07 Å². The summed E-state index contributed by atoms with van der Waals surface area (Å²) in [6, 6.07) is 23.0. The Kier molecular flexibility index (Phi) is 5.94. The van der Waals surface area contributed by atoms with Crippen LogP contribution in [0.1, 0.15) is 34.4 Å². The first-order valence-electron chi connectivity index (χ1n) is 9.89. The number of aryl methyl sites for hydroxylation is 1. The highest BCUT2D eigenvalue weighted by molar-refractivity contribution is 6.01. The Balaban J connectivity index is 1.37. The van der Waals surface area contributed by atoms with Crippen molar-refractivity contribution >= 4 is 11.7 Å². The Morgan fingerprint density at radius 2 is 1.77 bits per heavy atom. The van der Waals surface area contributed by atoms with E-state index in [0.717, 1.165) is 17.7 Å². The van der Waals surface area contributed by atoms with Crippen LogP contribution in [0.4, 0.5) is 5.82 Å². The van der Waals surface area contributed by atoms with Crippen LogP contribution in [-0.2, 0) is 19.6 Å². The molecular weight excluding hydrogens is 378 g/mol. The van der Waals surface area contributed by atoms with Crippen LogP contribution >= 0.6 is 0 Å². The van der Waals surface area contributed by atoms with E-state index in [1.165, 1.54) is 5.56 Å². The molecule has 2 aromatic carbocycles. The SMILES string of the molecule is CCc1ccc(Cn2nccc2NC(=O)c2ccc(COc3ccccc3)o2)cc1. The van der Waals surface area contributed by atoms with Crippen molar-refractivity contribution in [1.82, 2.24) is 9.78 Å². The molecule has 0 aliphatic rings. The summed E-state index contributed by atoms with van der Waals surface area (Å²) in [5, 5.41) is 7.18. The number of nitrogens with zero attached hydrogens (tertiary/aromatic N) is 2. The van der Waals surface area contributed by atoms with Gasteiger partial charge < -0.3 is 14.5 Å². The topological polar surface area (TPSA) is 69.3 Å². The minimum atomic E-state index is -0.330. The second kappa shape index (κ2) is 9.13. The number of hydrogen-bond donors (Lipinski definition) is 1. The maximum absolute atomic E-state index is 12.6. The largest absolute Gasteiger partial charge is 0.486 e. The van der Waals surface area contributed by atoms with E-state index in [9.17, 15) is 4.79 Å². The molecule has 4 aromatic rings. The summed E-state index contributed by atoms with van der Waals surface area (Å²) in [6.45, 7) is 2.95. The normalized spacial score (nSPS) is 10.7. The molecule has 0 atom stereocenters. The van der Waals surface area contributed by atoms with Gasteiger partial charge in [0.15, 0.2) is 5.76 Å². The van der Waals surface area contributed by atoms with Gasteiger partial charge in [0.1, 0.15) is 23.9 Å². The number of aromatic nitrogens is 2. The van der Waals surface area contributed by atoms with E-state index in [-0.39, 0.29) is 18.3 Å². The van der Waals surface area contributed by atoms with Gasteiger partial charge in [0.05, 0.1) is 12.7 Å². The van der Waals surface area contributed by atoms with Gasteiger partial charge in [-0.05, 0) is 41.8 Å². The lowest BCUT2D eigenvalue weighted by molar-refractivity contribution is 0.0991. The van der Waals surface area contributed by atoms with Crippen molar-refractivity contribution in [3.8, 4) is 5.75 Å². The molecule has 6 nitrogen and oxygen atoms in total. The van der Waals surface area contributed by atoms with Crippen LogP contribution in [-0.4, -0.2) is 15.7 Å². The third kappa shape index (κ3) is 4.78. The van der Waals surface area contributed by atoms with E-state index in [2.05, 4.69) is 41.6 Å². The van der Waals surface area contributed by atoms with Crippen LogP contribution in [0.25, 0.3) is 0 Å². The monoisotopic (exact) mass is 401 g/mol. The smallest absolute Gasteiger partial charge is 0.292 e. The van der Waals surface area contributed by atoms with Gasteiger partial charge in [0.25, 0.3) is 5.91 Å². The summed E-state index contributed by atoms with van der Waals surface area (Å²) in [7, 11) is 0. The maximum Gasteiger partial charge on any atom is 0.292 e. The Hall–Kier alpha value is -3.80. The lowest BCUT2D eigenvalue weighted by Gasteiger charge is -2.09. The highest BCUT2D eigenvalue weighted by atomic mass is 16.5. The fourth-order valence-electron chi connectivity index (χ4n) is 3.04. The molecule has 0 fully saturated rings. The zero-order valence-electron chi connectivity index (χ0n) is 16.7. The summed E-state index contributed by atoms with van der Waals surface area (Å²) in [5.74, 6) is 1.83. The first-order chi connectivity index (χ1) is 14.7. The molecule has 2 aromatic heterocycles. The number of para-hydroxylation sites is 1. The first-order valence-corrected chi connectivity index (χ1v) is 9.89. The number of furan rings is 1. The molecule has 0 spiro atoms. The van der Waals surface area contributed by atoms with Gasteiger partial charge in [0.2, 0.25) is 0 Å². The molecule has 6 heteroatoms. The van der Waals surface area contributed by atoms with Crippen molar-refractivity contribution in [2.75, 3.05) is 5.32 Å². The van der Waals surface area contributed by atoms with Crippen molar-refractivity contribution in [2.24, 2.45) is 0 Å². The maximum atomic E-state index is 12.6. The number of carbonyl (C=O) groups is 1. The van der Waals surface area contributed by atoms with Crippen LogP contribution in [0.5, 0.6) is 5.75 Å². The molecule has 152 valence electrons. The fraction of sp³-hybridized carbons (Fsp3) is 0.167. The number of carbonyl (C=O) groups excluding carboxylic acids is 1. The van der Waals surface area contributed by atoms with Gasteiger partial charge in [-0.25, -0.2) is 4.68 Å². The molecule has 1 amide bonds. The first kappa shape index (κ1) is 19.5. The lowest BCUT2D eigenvalue weighted by atomic mass is 10.1. The quantitative estimate of drug-likeness (QED) is 0.455. The summed E-state index contributed by atoms with van der Waals surface area (Å²) >= 11 is 0. The molecule has 0 radical (unpaired) electrons. The van der Waals surface area contributed by atoms with Gasteiger partial charge >= 0.3 is 0 Å². The Morgan fingerprint density at radius 3 is 2.53 bits per heavy atom. The summed E-state index contributed by atoms with van der Waals surface area (Å²) < 4.78 is 13.0. The predicted molar refractivity (Wildman–Crippen MR) is 115 cm³/mol. The molecule has 0 aliphatic heterocycles. The van der Waals surface area contributed by atoms with Gasteiger partial charge in [-0.3, -0.25) is 4.79 Å². The second-order valence-corrected chi connectivity index (χ2v) is 6.87. The van der Waals surface area contributed by atoms with Crippen molar-refractivity contribution in [2.45, 2.75) is 26.5 Å². The van der Waals surface area contributed by atoms with E-state index >= 15 is 0 Å². The number of amides is 1. The molecule has 0 saturated heterocycles. The highest BCUT2D eigenvalue weighted by Crippen LogP contribution is 2.16. The number of hydrogen-bond acceptors (Lipinski definition) is 4. The number of ether oxygens (including phenoxy) is 1. The summed E-state index contributed by atoms with van der Waals surface area (Å²) in [5.41, 5.74) is 2.40. The summed E-state index contributed by atoms with van der Waals surface area (Å²) in [6.07, 6.45) is 2.67. The Bertz CT molecular complexity index is 1100. The minimum absolute atomic E-state index is 0.224. The van der Waals surface area contributed by atoms with E-state index in [1.807, 2.05) is 30.3 Å². The molecule has 0 saturated carbocycles. The lowest BCUT2D eigenvalue weighted by Crippen LogP contribution is -2.15. The molecule has 0 unspecified atom stereocenters. The number of rotatable bonds is 8. The fourth-order valence-corrected chi connectivity index (χ4v) is 3.04. The molecule has 4 rings (SSSR count). The van der Waals surface area contributed by atoms with Crippen LogP contribution in [0.15, 0.2) is 83.4 Å². The van der Waals surface area contributed by atoms with Crippen molar-refractivity contribution in [3.05, 3.63) is 102 Å². The van der Waals surface area contributed by atoms with Crippen LogP contribution in [0, 0.1) is 0 Å². The van der Waals surface area contributed by atoms with Crippen molar-refractivity contribution < 1.29 is 13.9 Å². The standard InChI is InChI=1S/C24H23N3O3/c1-2-18-8-10-19(11-9-18)16-27-23(14-15-25-27)26-24(28)22-13-12-21(30-22)17-29-20-6-4-3-5-7-20/h3-15H,2,16-17H2,1H3,(H,26,28). The van der Waals surface area contributed by atoms with Gasteiger partial charge in [-0.1, -0.05) is 49.4 Å². The molecule has 0 bridgehead atoms. The van der Waals surface area contributed by atoms with E-state index in [0.29, 0.717) is 18.1 Å². The third-order valence-electron chi connectivity index (χ3n) is 4.73. The average Bonchev–Trinajstić information content (AvgIpc) is 3.43. The number of nitrogens with one attached hydrogen (secondary N) is 1. The van der Waals surface area contributed by atoms with Gasteiger partial charge in [-0.15, -0.1) is 0 Å². The average molecular weight is 401 g/mol. The predicted octanol–water partition coefficient (Wildman–Crippen LogP) is 4.92.